The minimum atomic E-state index is -0.201. The Bertz CT molecular complexity index is 243. The lowest BCUT2D eigenvalue weighted by atomic mass is 9.99. The Hall–Kier alpha value is -0.610. The molecule has 4 nitrogen and oxygen atoms in total. The second-order valence-electron chi connectivity index (χ2n) is 4.76. The first kappa shape index (κ1) is 11.9. The molecule has 4 heteroatoms. The van der Waals surface area contributed by atoms with E-state index in [1.807, 2.05) is 11.8 Å². The van der Waals surface area contributed by atoms with Gasteiger partial charge in [0.2, 0.25) is 5.91 Å². The van der Waals surface area contributed by atoms with E-state index < -0.39 is 0 Å². The summed E-state index contributed by atoms with van der Waals surface area (Å²) in [5, 5.41) is 9.64. The number of piperidine rings is 1. The minimum Gasteiger partial charge on any atom is -0.393 e. The van der Waals surface area contributed by atoms with Crippen molar-refractivity contribution in [1.29, 1.82) is 0 Å². The van der Waals surface area contributed by atoms with Gasteiger partial charge < -0.3 is 14.7 Å². The third-order valence-corrected chi connectivity index (χ3v) is 3.66. The monoisotopic (exact) mass is 227 g/mol. The van der Waals surface area contributed by atoms with Gasteiger partial charge in [-0.05, 0) is 32.6 Å². The fourth-order valence-corrected chi connectivity index (χ4v) is 2.99. The molecule has 2 rings (SSSR count). The highest BCUT2D eigenvalue weighted by molar-refractivity contribution is 5.77. The van der Waals surface area contributed by atoms with Crippen molar-refractivity contribution < 1.29 is 14.6 Å². The Kier molecular flexibility index (Phi) is 3.82. The Labute approximate surface area is 96.6 Å². The molecule has 0 aromatic heterocycles. The van der Waals surface area contributed by atoms with Crippen LogP contribution in [-0.4, -0.2) is 47.3 Å². The molecule has 2 unspecified atom stereocenters. The number of amides is 1. The lowest BCUT2D eigenvalue weighted by molar-refractivity contribution is -0.138. The van der Waals surface area contributed by atoms with E-state index in [1.54, 1.807) is 0 Å². The Morgan fingerprint density at radius 1 is 1.38 bits per heavy atom. The van der Waals surface area contributed by atoms with Crippen molar-refractivity contribution in [2.24, 2.45) is 0 Å². The van der Waals surface area contributed by atoms with Gasteiger partial charge in [-0.3, -0.25) is 4.79 Å². The van der Waals surface area contributed by atoms with Crippen molar-refractivity contribution >= 4 is 5.91 Å². The molecule has 92 valence electrons. The average molecular weight is 227 g/mol. The van der Waals surface area contributed by atoms with Crippen LogP contribution in [0.15, 0.2) is 0 Å². The summed E-state index contributed by atoms with van der Waals surface area (Å²) in [6.07, 6.45) is 3.92. The quantitative estimate of drug-likeness (QED) is 0.727. The first-order valence-corrected chi connectivity index (χ1v) is 6.29. The van der Waals surface area contributed by atoms with Crippen LogP contribution in [0.2, 0.25) is 0 Å². The van der Waals surface area contributed by atoms with Gasteiger partial charge in [-0.2, -0.15) is 0 Å². The van der Waals surface area contributed by atoms with Gasteiger partial charge in [-0.25, -0.2) is 0 Å². The number of aliphatic hydroxyl groups is 1. The smallest absolute Gasteiger partial charge is 0.225 e. The van der Waals surface area contributed by atoms with Crippen molar-refractivity contribution in [3.05, 3.63) is 0 Å². The van der Waals surface area contributed by atoms with E-state index >= 15 is 0 Å². The zero-order valence-electron chi connectivity index (χ0n) is 9.89. The predicted molar refractivity (Wildman–Crippen MR) is 60.0 cm³/mol. The Morgan fingerprint density at radius 3 is 2.56 bits per heavy atom. The Morgan fingerprint density at radius 2 is 2.00 bits per heavy atom. The first-order chi connectivity index (χ1) is 7.72. The molecule has 0 spiro atoms. The van der Waals surface area contributed by atoms with Crippen LogP contribution in [0.1, 0.15) is 39.0 Å². The normalized spacial score (nSPS) is 33.1. The van der Waals surface area contributed by atoms with E-state index in [9.17, 15) is 9.90 Å². The van der Waals surface area contributed by atoms with E-state index in [0.717, 1.165) is 25.7 Å². The number of rotatable bonds is 4. The fourth-order valence-electron chi connectivity index (χ4n) is 2.99. The molecule has 0 aromatic carbocycles. The molecule has 2 aliphatic rings. The van der Waals surface area contributed by atoms with Gasteiger partial charge in [0.15, 0.2) is 0 Å². The molecular weight excluding hydrogens is 206 g/mol. The standard InChI is InChI=1S/C12H21NO3/c1-2-16-6-5-12(15)13-9-3-4-10(13)8-11(14)7-9/h9-11,14H,2-8H2,1H3. The van der Waals surface area contributed by atoms with E-state index in [4.69, 9.17) is 4.74 Å². The fraction of sp³-hybridized carbons (Fsp3) is 0.917. The van der Waals surface area contributed by atoms with Crippen LogP contribution in [0, 0.1) is 0 Å². The van der Waals surface area contributed by atoms with Gasteiger partial charge in [0.1, 0.15) is 0 Å². The lowest BCUT2D eigenvalue weighted by Gasteiger charge is -2.37. The molecule has 0 saturated carbocycles. The van der Waals surface area contributed by atoms with Crippen molar-refractivity contribution in [2.75, 3.05) is 13.2 Å². The molecule has 2 fully saturated rings. The number of aliphatic hydroxyl groups excluding tert-OH is 1. The molecule has 2 aliphatic heterocycles. The van der Waals surface area contributed by atoms with Crippen LogP contribution in [0.25, 0.3) is 0 Å². The summed E-state index contributed by atoms with van der Waals surface area (Å²) in [4.78, 5) is 14.0. The van der Waals surface area contributed by atoms with E-state index in [1.165, 1.54) is 0 Å². The van der Waals surface area contributed by atoms with E-state index in [-0.39, 0.29) is 24.1 Å². The molecule has 2 saturated heterocycles. The lowest BCUT2D eigenvalue weighted by Crippen LogP contribution is -2.48. The summed E-state index contributed by atoms with van der Waals surface area (Å²) in [6, 6.07) is 0.561. The number of carbonyl (C=O) groups excluding carboxylic acids is 1. The summed E-state index contributed by atoms with van der Waals surface area (Å²) in [5.41, 5.74) is 0. The number of ether oxygens (including phenoxy) is 1. The highest BCUT2D eigenvalue weighted by Crippen LogP contribution is 2.35. The van der Waals surface area contributed by atoms with Crippen LogP contribution in [0.4, 0.5) is 0 Å². The van der Waals surface area contributed by atoms with Gasteiger partial charge in [0, 0.05) is 18.7 Å². The topological polar surface area (TPSA) is 49.8 Å². The van der Waals surface area contributed by atoms with Gasteiger partial charge in [0.05, 0.1) is 19.1 Å². The van der Waals surface area contributed by atoms with Gasteiger partial charge in [-0.15, -0.1) is 0 Å². The molecule has 0 radical (unpaired) electrons. The van der Waals surface area contributed by atoms with E-state index in [0.29, 0.717) is 19.6 Å². The third-order valence-electron chi connectivity index (χ3n) is 3.66. The van der Waals surface area contributed by atoms with Gasteiger partial charge in [-0.1, -0.05) is 0 Å². The maximum Gasteiger partial charge on any atom is 0.225 e. The van der Waals surface area contributed by atoms with Crippen molar-refractivity contribution in [3.63, 3.8) is 0 Å². The van der Waals surface area contributed by atoms with E-state index in [2.05, 4.69) is 0 Å². The number of nitrogens with zero attached hydrogens (tertiary/aromatic N) is 1. The zero-order valence-corrected chi connectivity index (χ0v) is 9.89. The van der Waals surface area contributed by atoms with Crippen molar-refractivity contribution in [1.82, 2.24) is 4.90 Å². The van der Waals surface area contributed by atoms with Crippen LogP contribution < -0.4 is 0 Å². The molecular formula is C12H21NO3. The van der Waals surface area contributed by atoms with Crippen LogP contribution >= 0.6 is 0 Å². The second kappa shape index (κ2) is 5.15. The summed E-state index contributed by atoms with van der Waals surface area (Å²) < 4.78 is 5.21. The summed E-state index contributed by atoms with van der Waals surface area (Å²) in [7, 11) is 0. The SMILES string of the molecule is CCOCCC(=O)N1C2CCC1CC(O)C2. The molecule has 1 N–H and O–H groups in total. The Balaban J connectivity index is 1.87. The molecule has 2 atom stereocenters. The van der Waals surface area contributed by atoms with Gasteiger partial charge in [0.25, 0.3) is 0 Å². The predicted octanol–water partition coefficient (Wildman–Crippen LogP) is 0.927. The van der Waals surface area contributed by atoms with Crippen LogP contribution in [-0.2, 0) is 9.53 Å². The van der Waals surface area contributed by atoms with Gasteiger partial charge >= 0.3 is 0 Å². The molecule has 16 heavy (non-hydrogen) atoms. The summed E-state index contributed by atoms with van der Waals surface area (Å²) >= 11 is 0. The maximum atomic E-state index is 12.0. The second-order valence-corrected chi connectivity index (χ2v) is 4.76. The van der Waals surface area contributed by atoms with Crippen molar-refractivity contribution in [3.8, 4) is 0 Å². The summed E-state index contributed by atoms with van der Waals surface area (Å²) in [5.74, 6) is 0.202. The number of hydrogen-bond donors (Lipinski definition) is 1. The number of hydrogen-bond acceptors (Lipinski definition) is 3. The number of carbonyl (C=O) groups is 1. The molecule has 1 amide bonds. The number of fused-ring (bicyclic) bond motifs is 2. The average Bonchev–Trinajstić information content (AvgIpc) is 2.52. The highest BCUT2D eigenvalue weighted by atomic mass is 16.5. The summed E-state index contributed by atoms with van der Waals surface area (Å²) in [6.45, 7) is 3.12. The third kappa shape index (κ3) is 2.38. The molecule has 0 aliphatic carbocycles. The molecule has 2 bridgehead atoms. The zero-order chi connectivity index (χ0) is 11.5. The maximum absolute atomic E-state index is 12.0. The minimum absolute atomic E-state index is 0.201. The first-order valence-electron chi connectivity index (χ1n) is 6.29. The van der Waals surface area contributed by atoms with Crippen molar-refractivity contribution in [2.45, 2.75) is 57.2 Å². The highest BCUT2D eigenvalue weighted by Gasteiger charge is 2.42. The molecule has 0 aromatic rings. The van der Waals surface area contributed by atoms with Crippen LogP contribution in [0.5, 0.6) is 0 Å². The largest absolute Gasteiger partial charge is 0.393 e. The molecule has 2 heterocycles. The van der Waals surface area contributed by atoms with Crippen LogP contribution in [0.3, 0.4) is 0 Å².